The number of carbonyl (C=O) groups excluding carboxylic acids is 1. The Balaban J connectivity index is 1.33. The van der Waals surface area contributed by atoms with E-state index in [2.05, 4.69) is 63.5 Å². The van der Waals surface area contributed by atoms with Crippen LogP contribution in [-0.2, 0) is 24.1 Å². The second-order valence-electron chi connectivity index (χ2n) is 14.0. The zero-order chi connectivity index (χ0) is 32.1. The lowest BCUT2D eigenvalue weighted by atomic mass is 9.92. The number of hydrogen-bond donors (Lipinski definition) is 1. The van der Waals surface area contributed by atoms with E-state index in [1.165, 1.54) is 16.7 Å². The van der Waals surface area contributed by atoms with Gasteiger partial charge in [-0.2, -0.15) is 5.26 Å². The van der Waals surface area contributed by atoms with Crippen LogP contribution in [0.5, 0.6) is 11.5 Å². The SMILES string of the molecule is CC(C)(C)OC(=O)N1CCc2c(CCCOc3cc(C#N)cc(Nc4ccc(O[Si](C)(C)C(C)(C)C)cc4)c3)cccc2C1. The Bertz CT molecular complexity index is 1500. The van der Waals surface area contributed by atoms with Gasteiger partial charge in [0.05, 0.1) is 18.2 Å². The highest BCUT2D eigenvalue weighted by Crippen LogP contribution is 2.37. The van der Waals surface area contributed by atoms with Crippen molar-refractivity contribution < 1.29 is 18.7 Å². The molecule has 0 aromatic heterocycles. The van der Waals surface area contributed by atoms with Gasteiger partial charge in [0.25, 0.3) is 0 Å². The Hall–Kier alpha value is -3.96. The van der Waals surface area contributed by atoms with Crippen molar-refractivity contribution >= 4 is 25.8 Å². The molecule has 0 saturated heterocycles. The summed E-state index contributed by atoms with van der Waals surface area (Å²) < 4.78 is 18.1. The Kier molecular flexibility index (Phi) is 10.00. The first kappa shape index (κ1) is 32.9. The second-order valence-corrected chi connectivity index (χ2v) is 18.8. The number of amides is 1. The molecule has 7 nitrogen and oxygen atoms in total. The molecule has 0 spiro atoms. The molecule has 1 aliphatic heterocycles. The second kappa shape index (κ2) is 13.4. The van der Waals surface area contributed by atoms with Crippen molar-refractivity contribution in [1.29, 1.82) is 5.26 Å². The van der Waals surface area contributed by atoms with Crippen LogP contribution in [0, 0.1) is 11.3 Å². The molecule has 0 saturated carbocycles. The Morgan fingerprint density at radius 1 is 0.977 bits per heavy atom. The van der Waals surface area contributed by atoms with Gasteiger partial charge in [0.15, 0.2) is 0 Å². The predicted octanol–water partition coefficient (Wildman–Crippen LogP) is 8.99. The van der Waals surface area contributed by atoms with E-state index < -0.39 is 13.9 Å². The molecule has 8 heteroatoms. The molecule has 0 bridgehead atoms. The first-order valence-corrected chi connectivity index (χ1v) is 18.4. The lowest BCUT2D eigenvalue weighted by molar-refractivity contribution is 0.0223. The van der Waals surface area contributed by atoms with Crippen LogP contribution in [0.4, 0.5) is 16.2 Å². The number of carbonyl (C=O) groups is 1. The summed E-state index contributed by atoms with van der Waals surface area (Å²) in [7, 11) is -1.91. The molecule has 0 fully saturated rings. The summed E-state index contributed by atoms with van der Waals surface area (Å²) in [4.78, 5) is 14.4. The minimum atomic E-state index is -1.91. The standard InChI is InChI=1S/C36H47N3O4Si/c1-35(2,3)42-34(40)39-19-18-33-27(11-9-12-28(33)25-39)13-10-20-41-32-22-26(24-37)21-30(23-32)38-29-14-16-31(17-15-29)43-44(7,8)36(4,5)6/h9,11-12,14-17,21-23,38H,10,13,18-20,25H2,1-8H3. The number of fused-ring (bicyclic) bond motifs is 1. The van der Waals surface area contributed by atoms with Crippen LogP contribution < -0.4 is 14.5 Å². The number of benzene rings is 3. The van der Waals surface area contributed by atoms with Crippen LogP contribution in [0.2, 0.25) is 18.1 Å². The maximum absolute atomic E-state index is 12.6. The van der Waals surface area contributed by atoms with E-state index in [4.69, 9.17) is 13.9 Å². The largest absolute Gasteiger partial charge is 0.544 e. The van der Waals surface area contributed by atoms with E-state index in [1.54, 1.807) is 11.0 Å². The molecule has 1 amide bonds. The highest BCUT2D eigenvalue weighted by Gasteiger charge is 2.39. The zero-order valence-electron chi connectivity index (χ0n) is 27.5. The van der Waals surface area contributed by atoms with E-state index in [1.807, 2.05) is 57.2 Å². The molecule has 1 heterocycles. The van der Waals surface area contributed by atoms with Gasteiger partial charge >= 0.3 is 6.09 Å². The van der Waals surface area contributed by atoms with Crippen molar-refractivity contribution in [3.05, 3.63) is 82.9 Å². The molecule has 0 aliphatic carbocycles. The molecular formula is C36H47N3O4Si. The van der Waals surface area contributed by atoms with Gasteiger partial charge in [-0.3, -0.25) is 0 Å². The van der Waals surface area contributed by atoms with Crippen LogP contribution in [0.25, 0.3) is 0 Å². The summed E-state index contributed by atoms with van der Waals surface area (Å²) in [6.07, 6.45) is 2.26. The van der Waals surface area contributed by atoms with Gasteiger partial charge in [-0.25, -0.2) is 4.79 Å². The number of nitriles is 1. The van der Waals surface area contributed by atoms with Crippen LogP contribution in [-0.4, -0.2) is 38.1 Å². The molecule has 234 valence electrons. The van der Waals surface area contributed by atoms with E-state index in [0.717, 1.165) is 36.4 Å². The van der Waals surface area contributed by atoms with Gasteiger partial charge in [-0.05, 0) is 111 Å². The van der Waals surface area contributed by atoms with Crippen molar-refractivity contribution in [2.45, 2.75) is 91.1 Å². The molecular weight excluding hydrogens is 566 g/mol. The number of nitrogens with zero attached hydrogens (tertiary/aromatic N) is 2. The number of anilines is 2. The normalized spacial score (nSPS) is 13.5. The average molecular weight is 614 g/mol. The topological polar surface area (TPSA) is 83.8 Å². The first-order chi connectivity index (χ1) is 20.6. The highest BCUT2D eigenvalue weighted by atomic mass is 28.4. The minimum Gasteiger partial charge on any atom is -0.544 e. The zero-order valence-corrected chi connectivity index (χ0v) is 28.5. The summed E-state index contributed by atoms with van der Waals surface area (Å²) in [5.41, 5.74) is 5.53. The summed E-state index contributed by atoms with van der Waals surface area (Å²) >= 11 is 0. The number of ether oxygens (including phenoxy) is 2. The summed E-state index contributed by atoms with van der Waals surface area (Å²) in [6.45, 7) is 18.6. The molecule has 0 atom stereocenters. The van der Waals surface area contributed by atoms with Crippen molar-refractivity contribution in [2.75, 3.05) is 18.5 Å². The lowest BCUT2D eigenvalue weighted by Crippen LogP contribution is -2.43. The average Bonchev–Trinajstić information content (AvgIpc) is 2.94. The van der Waals surface area contributed by atoms with Gasteiger partial charge < -0.3 is 24.1 Å². The molecule has 0 unspecified atom stereocenters. The van der Waals surface area contributed by atoms with E-state index >= 15 is 0 Å². The third-order valence-corrected chi connectivity index (χ3v) is 12.6. The number of nitrogens with one attached hydrogen (secondary N) is 1. The van der Waals surface area contributed by atoms with Gasteiger partial charge in [0.2, 0.25) is 8.32 Å². The fraction of sp³-hybridized carbons (Fsp3) is 0.444. The van der Waals surface area contributed by atoms with Gasteiger partial charge in [-0.1, -0.05) is 39.0 Å². The fourth-order valence-corrected chi connectivity index (χ4v) is 5.93. The van der Waals surface area contributed by atoms with Crippen molar-refractivity contribution in [3.8, 4) is 17.6 Å². The summed E-state index contributed by atoms with van der Waals surface area (Å²) in [6, 6.07) is 22.1. The lowest BCUT2D eigenvalue weighted by Gasteiger charge is -2.36. The van der Waals surface area contributed by atoms with Crippen molar-refractivity contribution in [2.24, 2.45) is 0 Å². The third kappa shape index (κ3) is 8.79. The smallest absolute Gasteiger partial charge is 0.410 e. The molecule has 0 radical (unpaired) electrons. The van der Waals surface area contributed by atoms with E-state index in [-0.39, 0.29) is 11.1 Å². The minimum absolute atomic E-state index is 0.129. The maximum Gasteiger partial charge on any atom is 0.410 e. The van der Waals surface area contributed by atoms with Crippen molar-refractivity contribution in [3.63, 3.8) is 0 Å². The van der Waals surface area contributed by atoms with Gasteiger partial charge in [-0.15, -0.1) is 0 Å². The van der Waals surface area contributed by atoms with Crippen LogP contribution in [0.15, 0.2) is 60.7 Å². The molecule has 3 aromatic carbocycles. The van der Waals surface area contributed by atoms with E-state index in [0.29, 0.717) is 31.0 Å². The van der Waals surface area contributed by atoms with Crippen molar-refractivity contribution in [1.82, 2.24) is 4.90 Å². The maximum atomic E-state index is 12.6. The van der Waals surface area contributed by atoms with Crippen LogP contribution >= 0.6 is 0 Å². The molecule has 44 heavy (non-hydrogen) atoms. The number of rotatable bonds is 9. The number of hydrogen-bond acceptors (Lipinski definition) is 6. The Morgan fingerprint density at radius 3 is 2.36 bits per heavy atom. The van der Waals surface area contributed by atoms with Crippen LogP contribution in [0.1, 0.15) is 70.2 Å². The monoisotopic (exact) mass is 613 g/mol. The van der Waals surface area contributed by atoms with Gasteiger partial charge in [0.1, 0.15) is 17.1 Å². The highest BCUT2D eigenvalue weighted by molar-refractivity contribution is 6.74. The molecule has 3 aromatic rings. The quantitative estimate of drug-likeness (QED) is 0.192. The molecule has 4 rings (SSSR count). The van der Waals surface area contributed by atoms with Crippen LogP contribution in [0.3, 0.4) is 0 Å². The Labute approximate surface area is 264 Å². The third-order valence-electron chi connectivity index (χ3n) is 8.23. The van der Waals surface area contributed by atoms with Gasteiger partial charge in [0, 0.05) is 30.5 Å². The Morgan fingerprint density at radius 2 is 1.70 bits per heavy atom. The molecule has 1 aliphatic rings. The number of aryl methyl sites for hydroxylation is 1. The fourth-order valence-electron chi connectivity index (χ4n) is 4.90. The summed E-state index contributed by atoms with van der Waals surface area (Å²) in [5.74, 6) is 1.53. The van der Waals surface area contributed by atoms with E-state index in [9.17, 15) is 10.1 Å². The predicted molar refractivity (Wildman–Crippen MR) is 179 cm³/mol. The first-order valence-electron chi connectivity index (χ1n) is 15.5. The summed E-state index contributed by atoms with van der Waals surface area (Å²) in [5, 5.41) is 13.2. The molecule has 1 N–H and O–H groups in total.